The molecule has 0 aliphatic carbocycles. The maximum Gasteiger partial charge on any atom is 0.246 e. The summed E-state index contributed by atoms with van der Waals surface area (Å²) >= 11 is 1.51. The lowest BCUT2D eigenvalue weighted by atomic mass is 10.2. The second kappa shape index (κ2) is 7.99. The molecule has 1 saturated heterocycles. The van der Waals surface area contributed by atoms with Gasteiger partial charge in [-0.05, 0) is 24.6 Å². The van der Waals surface area contributed by atoms with Crippen molar-refractivity contribution in [3.05, 3.63) is 45.9 Å². The maximum absolute atomic E-state index is 13.9. The third kappa shape index (κ3) is 4.33. The van der Waals surface area contributed by atoms with Gasteiger partial charge in [-0.2, -0.15) is 4.31 Å². The lowest BCUT2D eigenvalue weighted by molar-refractivity contribution is -0.131. The zero-order valence-corrected chi connectivity index (χ0v) is 16.3. The number of carbonyl (C=O) groups excluding carboxylic acids is 1. The highest BCUT2D eigenvalue weighted by Crippen LogP contribution is 2.22. The van der Waals surface area contributed by atoms with Crippen molar-refractivity contribution in [1.29, 1.82) is 0 Å². The minimum absolute atomic E-state index is 0.0291. The second-order valence-electron chi connectivity index (χ2n) is 6.12. The van der Waals surface area contributed by atoms with Gasteiger partial charge < -0.3 is 4.90 Å². The number of aromatic nitrogens is 1. The van der Waals surface area contributed by atoms with Crippen LogP contribution in [0.5, 0.6) is 0 Å². The Hall–Kier alpha value is -1.91. The number of amides is 1. The quantitative estimate of drug-likeness (QED) is 0.750. The fraction of sp³-hybridized carbons (Fsp3) is 0.412. The number of benzene rings is 1. The van der Waals surface area contributed by atoms with E-state index >= 15 is 0 Å². The van der Waals surface area contributed by atoms with Gasteiger partial charge in [-0.1, -0.05) is 6.92 Å². The van der Waals surface area contributed by atoms with Crippen LogP contribution in [0.1, 0.15) is 17.6 Å². The molecule has 3 rings (SSSR count). The molecule has 146 valence electrons. The minimum atomic E-state index is -4.15. The van der Waals surface area contributed by atoms with Crippen molar-refractivity contribution in [2.45, 2.75) is 24.7 Å². The average molecular weight is 415 g/mol. The Morgan fingerprint density at radius 1 is 1.22 bits per heavy atom. The van der Waals surface area contributed by atoms with Crippen LogP contribution < -0.4 is 0 Å². The SMILES string of the molecule is CCc1nc(CC(=O)N2CCN(S(=O)(=O)c3cc(F)ccc3F)CC2)cs1. The van der Waals surface area contributed by atoms with Crippen molar-refractivity contribution in [2.24, 2.45) is 0 Å². The van der Waals surface area contributed by atoms with Gasteiger partial charge in [0.25, 0.3) is 0 Å². The second-order valence-corrected chi connectivity index (χ2v) is 8.97. The Balaban J connectivity index is 1.64. The van der Waals surface area contributed by atoms with E-state index in [9.17, 15) is 22.0 Å². The summed E-state index contributed by atoms with van der Waals surface area (Å²) in [6, 6.07) is 2.34. The summed E-state index contributed by atoms with van der Waals surface area (Å²) in [5, 5.41) is 2.82. The molecule has 1 aliphatic heterocycles. The van der Waals surface area contributed by atoms with E-state index in [0.29, 0.717) is 11.8 Å². The predicted molar refractivity (Wildman–Crippen MR) is 96.9 cm³/mol. The van der Waals surface area contributed by atoms with Gasteiger partial charge in [0.15, 0.2) is 0 Å². The Morgan fingerprint density at radius 2 is 1.93 bits per heavy atom. The van der Waals surface area contributed by atoms with Crippen LogP contribution in [0.15, 0.2) is 28.5 Å². The number of hydrogen-bond acceptors (Lipinski definition) is 5. The fourth-order valence-corrected chi connectivity index (χ4v) is 5.09. The highest BCUT2D eigenvalue weighted by Gasteiger charge is 2.32. The van der Waals surface area contributed by atoms with Gasteiger partial charge in [0.1, 0.15) is 16.5 Å². The van der Waals surface area contributed by atoms with Crippen LogP contribution in [0.4, 0.5) is 8.78 Å². The summed E-state index contributed by atoms with van der Waals surface area (Å²) in [7, 11) is -4.15. The number of nitrogens with zero attached hydrogens (tertiary/aromatic N) is 3. The van der Waals surface area contributed by atoms with Crippen LogP contribution in [0.3, 0.4) is 0 Å². The van der Waals surface area contributed by atoms with Gasteiger partial charge in [0.05, 0.1) is 17.1 Å². The van der Waals surface area contributed by atoms with Crippen LogP contribution >= 0.6 is 11.3 Å². The molecule has 10 heteroatoms. The number of thiazole rings is 1. The molecule has 0 radical (unpaired) electrons. The smallest absolute Gasteiger partial charge is 0.246 e. The lowest BCUT2D eigenvalue weighted by Crippen LogP contribution is -2.51. The first kappa shape index (κ1) is 19.8. The average Bonchev–Trinajstić information content (AvgIpc) is 3.11. The Labute approximate surface area is 160 Å². The highest BCUT2D eigenvalue weighted by molar-refractivity contribution is 7.89. The van der Waals surface area contributed by atoms with Crippen molar-refractivity contribution < 1.29 is 22.0 Å². The standard InChI is InChI=1S/C17H19F2N3O3S2/c1-2-16-20-13(11-26-16)10-17(23)21-5-7-22(8-6-21)27(24,25)15-9-12(18)3-4-14(15)19/h3-4,9,11H,2,5-8,10H2,1H3. The normalized spacial score (nSPS) is 15.9. The summed E-state index contributed by atoms with van der Waals surface area (Å²) in [5.74, 6) is -1.94. The van der Waals surface area contributed by atoms with Crippen molar-refractivity contribution in [3.8, 4) is 0 Å². The van der Waals surface area contributed by atoms with Crippen LogP contribution in [-0.4, -0.2) is 54.7 Å². The molecular weight excluding hydrogens is 396 g/mol. The Bertz CT molecular complexity index is 939. The molecule has 1 amide bonds. The van der Waals surface area contributed by atoms with E-state index in [2.05, 4.69) is 4.98 Å². The van der Waals surface area contributed by atoms with Crippen molar-refractivity contribution >= 4 is 27.3 Å². The summed E-state index contributed by atoms with van der Waals surface area (Å²) in [5.41, 5.74) is 0.707. The monoisotopic (exact) mass is 415 g/mol. The molecule has 0 spiro atoms. The summed E-state index contributed by atoms with van der Waals surface area (Å²) in [6.07, 6.45) is 0.980. The number of carbonyl (C=O) groups is 1. The Kier molecular flexibility index (Phi) is 5.87. The third-order valence-corrected chi connectivity index (χ3v) is 7.29. The molecule has 0 unspecified atom stereocenters. The van der Waals surface area contributed by atoms with E-state index in [1.165, 1.54) is 11.3 Å². The van der Waals surface area contributed by atoms with E-state index < -0.39 is 26.6 Å². The topological polar surface area (TPSA) is 70.6 Å². The molecule has 2 aromatic rings. The molecule has 0 bridgehead atoms. The van der Waals surface area contributed by atoms with Gasteiger partial charge in [0, 0.05) is 31.6 Å². The minimum Gasteiger partial charge on any atom is -0.340 e. The molecule has 0 N–H and O–H groups in total. The van der Waals surface area contributed by atoms with Crippen molar-refractivity contribution in [1.82, 2.24) is 14.2 Å². The lowest BCUT2D eigenvalue weighted by Gasteiger charge is -2.34. The number of hydrogen-bond donors (Lipinski definition) is 0. The van der Waals surface area contributed by atoms with E-state index in [4.69, 9.17) is 0 Å². The van der Waals surface area contributed by atoms with Crippen LogP contribution in [0, 0.1) is 11.6 Å². The summed E-state index contributed by atoms with van der Waals surface area (Å²) in [4.78, 5) is 17.7. The molecular formula is C17H19F2N3O3S2. The first-order valence-corrected chi connectivity index (χ1v) is 10.8. The summed E-state index contributed by atoms with van der Waals surface area (Å²) < 4.78 is 53.4. The van der Waals surface area contributed by atoms with E-state index in [-0.39, 0.29) is 38.5 Å². The molecule has 6 nitrogen and oxygen atoms in total. The highest BCUT2D eigenvalue weighted by atomic mass is 32.2. The molecule has 1 aliphatic rings. The largest absolute Gasteiger partial charge is 0.340 e. The van der Waals surface area contributed by atoms with Gasteiger partial charge in [0.2, 0.25) is 15.9 Å². The predicted octanol–water partition coefficient (Wildman–Crippen LogP) is 2.06. The van der Waals surface area contributed by atoms with Gasteiger partial charge in [-0.15, -0.1) is 11.3 Å². The Morgan fingerprint density at radius 3 is 2.56 bits per heavy atom. The van der Waals surface area contributed by atoms with Crippen molar-refractivity contribution in [2.75, 3.05) is 26.2 Å². The van der Waals surface area contributed by atoms with Crippen LogP contribution in [-0.2, 0) is 27.7 Å². The van der Waals surface area contributed by atoms with Gasteiger partial charge in [-0.25, -0.2) is 22.2 Å². The molecule has 2 heterocycles. The summed E-state index contributed by atoms with van der Waals surface area (Å²) in [6.45, 7) is 2.44. The van der Waals surface area contributed by atoms with E-state index in [0.717, 1.165) is 27.9 Å². The first-order valence-electron chi connectivity index (χ1n) is 8.47. The fourth-order valence-electron chi connectivity index (χ4n) is 2.85. The zero-order valence-electron chi connectivity index (χ0n) is 14.7. The van der Waals surface area contributed by atoms with Crippen molar-refractivity contribution in [3.63, 3.8) is 0 Å². The van der Waals surface area contributed by atoms with Crippen LogP contribution in [0.25, 0.3) is 0 Å². The first-order chi connectivity index (χ1) is 12.8. The third-order valence-electron chi connectivity index (χ3n) is 4.34. The van der Waals surface area contributed by atoms with Gasteiger partial charge in [-0.3, -0.25) is 4.79 Å². The van der Waals surface area contributed by atoms with E-state index in [1.807, 2.05) is 12.3 Å². The van der Waals surface area contributed by atoms with Gasteiger partial charge >= 0.3 is 0 Å². The zero-order chi connectivity index (χ0) is 19.6. The molecule has 1 fully saturated rings. The number of sulfonamides is 1. The number of halogens is 2. The number of piperazine rings is 1. The molecule has 1 aromatic heterocycles. The molecule has 27 heavy (non-hydrogen) atoms. The molecule has 1 aromatic carbocycles. The number of aryl methyl sites for hydroxylation is 1. The maximum atomic E-state index is 13.9. The van der Waals surface area contributed by atoms with E-state index in [1.54, 1.807) is 4.90 Å². The number of rotatable bonds is 5. The molecule has 0 saturated carbocycles. The molecule has 0 atom stereocenters. The van der Waals surface area contributed by atoms with Crippen LogP contribution in [0.2, 0.25) is 0 Å².